The van der Waals surface area contributed by atoms with Crippen LogP contribution >= 0.6 is 11.8 Å². The lowest BCUT2D eigenvalue weighted by Crippen LogP contribution is -2.08. The third kappa shape index (κ3) is 3.06. The second-order valence-electron chi connectivity index (χ2n) is 5.92. The molecule has 8 heteroatoms. The zero-order chi connectivity index (χ0) is 16.4. The van der Waals surface area contributed by atoms with Crippen molar-refractivity contribution < 1.29 is 4.42 Å². The molecular weight excluding hydrogens is 324 g/mol. The van der Waals surface area contributed by atoms with Gasteiger partial charge in [-0.3, -0.25) is 0 Å². The van der Waals surface area contributed by atoms with Gasteiger partial charge in [0.2, 0.25) is 16.9 Å². The highest BCUT2D eigenvalue weighted by Crippen LogP contribution is 2.37. The number of rotatable bonds is 5. The van der Waals surface area contributed by atoms with Crippen molar-refractivity contribution in [2.75, 3.05) is 0 Å². The summed E-state index contributed by atoms with van der Waals surface area (Å²) < 4.78 is 7.77. The van der Waals surface area contributed by atoms with Crippen molar-refractivity contribution in [3.05, 3.63) is 36.2 Å². The van der Waals surface area contributed by atoms with Gasteiger partial charge in [0.15, 0.2) is 0 Å². The average molecular weight is 342 g/mol. The Bertz CT molecular complexity index is 796. The molecule has 2 aromatic heterocycles. The molecular formula is C16H18N6OS. The number of hydrogen-bond acceptors (Lipinski definition) is 7. The lowest BCUT2D eigenvalue weighted by molar-refractivity contribution is 0.422. The van der Waals surface area contributed by atoms with Crippen LogP contribution in [0.5, 0.6) is 0 Å². The van der Waals surface area contributed by atoms with Gasteiger partial charge in [0.25, 0.3) is 0 Å². The molecule has 124 valence electrons. The van der Waals surface area contributed by atoms with Crippen molar-refractivity contribution >= 4 is 11.8 Å². The van der Waals surface area contributed by atoms with Crippen molar-refractivity contribution in [2.45, 2.75) is 49.1 Å². The van der Waals surface area contributed by atoms with Crippen molar-refractivity contribution in [1.82, 2.24) is 30.4 Å². The van der Waals surface area contributed by atoms with E-state index in [0.29, 0.717) is 17.8 Å². The minimum absolute atomic E-state index is 0.0129. The number of hydrogen-bond donors (Lipinski definition) is 0. The van der Waals surface area contributed by atoms with E-state index in [9.17, 15) is 0 Å². The highest BCUT2D eigenvalue weighted by atomic mass is 32.2. The zero-order valence-corrected chi connectivity index (χ0v) is 14.2. The maximum atomic E-state index is 5.82. The molecule has 3 aromatic rings. The highest BCUT2D eigenvalue weighted by molar-refractivity contribution is 7.99. The Morgan fingerprint density at radius 3 is 2.71 bits per heavy atom. The minimum Gasteiger partial charge on any atom is -0.419 e. The number of nitrogens with zero attached hydrogens (tertiary/aromatic N) is 6. The van der Waals surface area contributed by atoms with E-state index in [0.717, 1.165) is 23.6 Å². The summed E-state index contributed by atoms with van der Waals surface area (Å²) in [5, 5.41) is 21.3. The van der Waals surface area contributed by atoms with Crippen molar-refractivity contribution in [3.8, 4) is 11.5 Å². The van der Waals surface area contributed by atoms with Gasteiger partial charge in [0.1, 0.15) is 0 Å². The monoisotopic (exact) mass is 342 g/mol. The molecule has 0 bridgehead atoms. The Hall–Kier alpha value is -2.22. The van der Waals surface area contributed by atoms with Gasteiger partial charge in [0, 0.05) is 5.56 Å². The van der Waals surface area contributed by atoms with Gasteiger partial charge in [-0.2, -0.15) is 0 Å². The lowest BCUT2D eigenvalue weighted by Gasteiger charge is -2.12. The first-order chi connectivity index (χ1) is 11.8. The van der Waals surface area contributed by atoms with Crippen LogP contribution in [0.25, 0.3) is 11.5 Å². The maximum absolute atomic E-state index is 5.82. The predicted molar refractivity (Wildman–Crippen MR) is 89.3 cm³/mol. The fourth-order valence-corrected chi connectivity index (χ4v) is 3.84. The topological polar surface area (TPSA) is 82.5 Å². The lowest BCUT2D eigenvalue weighted by atomic mass is 10.2. The standard InChI is InChI=1S/C16H18N6OS/c1-11(14-17-18-15(23-14)12-7-3-2-4-8-12)24-16-19-20-21-22(16)13-9-5-6-10-13/h2-4,7-8,11,13H,5-6,9-10H2,1H3/t11-/m0/s1. The van der Waals surface area contributed by atoms with Crippen LogP contribution in [0.2, 0.25) is 0 Å². The van der Waals surface area contributed by atoms with Gasteiger partial charge in [0.05, 0.1) is 11.3 Å². The molecule has 0 saturated heterocycles. The van der Waals surface area contributed by atoms with Crippen LogP contribution < -0.4 is 0 Å². The predicted octanol–water partition coefficient (Wildman–Crippen LogP) is 3.69. The summed E-state index contributed by atoms with van der Waals surface area (Å²) in [4.78, 5) is 0. The van der Waals surface area contributed by atoms with E-state index in [-0.39, 0.29) is 5.25 Å². The van der Waals surface area contributed by atoms with E-state index < -0.39 is 0 Å². The molecule has 1 aromatic carbocycles. The van der Waals surface area contributed by atoms with E-state index in [4.69, 9.17) is 4.42 Å². The molecule has 24 heavy (non-hydrogen) atoms. The molecule has 1 atom stereocenters. The number of tetrazole rings is 1. The molecule has 0 unspecified atom stereocenters. The molecule has 0 spiro atoms. The summed E-state index contributed by atoms with van der Waals surface area (Å²) >= 11 is 1.56. The number of benzene rings is 1. The third-order valence-electron chi connectivity index (χ3n) is 4.22. The SMILES string of the molecule is C[C@H](Sc1nnnn1C1CCCC1)c1nnc(-c2ccccc2)o1. The summed E-state index contributed by atoms with van der Waals surface area (Å²) in [6.07, 6.45) is 4.78. The molecule has 0 aliphatic heterocycles. The van der Waals surface area contributed by atoms with Crippen LogP contribution in [-0.4, -0.2) is 30.4 Å². The molecule has 1 aliphatic carbocycles. The van der Waals surface area contributed by atoms with Crippen LogP contribution in [0, 0.1) is 0 Å². The van der Waals surface area contributed by atoms with Crippen LogP contribution in [0.15, 0.2) is 39.9 Å². The Morgan fingerprint density at radius 1 is 1.12 bits per heavy atom. The summed E-state index contributed by atoms with van der Waals surface area (Å²) in [5.41, 5.74) is 0.921. The summed E-state index contributed by atoms with van der Waals surface area (Å²) in [6, 6.07) is 10.2. The van der Waals surface area contributed by atoms with Gasteiger partial charge in [-0.15, -0.1) is 15.3 Å². The highest BCUT2D eigenvalue weighted by Gasteiger charge is 2.24. The number of aromatic nitrogens is 6. The molecule has 0 amide bonds. The third-order valence-corrected chi connectivity index (χ3v) is 5.26. The maximum Gasteiger partial charge on any atom is 0.247 e. The molecule has 4 rings (SSSR count). The summed E-state index contributed by atoms with van der Waals surface area (Å²) in [5.74, 6) is 1.12. The molecule has 0 N–H and O–H groups in total. The van der Waals surface area contributed by atoms with E-state index in [2.05, 4.69) is 25.7 Å². The molecule has 1 aliphatic rings. The quantitative estimate of drug-likeness (QED) is 0.654. The largest absolute Gasteiger partial charge is 0.419 e. The Kier molecular flexibility index (Phi) is 4.29. The van der Waals surface area contributed by atoms with E-state index in [1.54, 1.807) is 11.8 Å². The normalized spacial score (nSPS) is 16.5. The van der Waals surface area contributed by atoms with Gasteiger partial charge >= 0.3 is 0 Å². The van der Waals surface area contributed by atoms with Crippen molar-refractivity contribution in [1.29, 1.82) is 0 Å². The average Bonchev–Trinajstić information content (AvgIpc) is 3.36. The van der Waals surface area contributed by atoms with Gasteiger partial charge in [-0.25, -0.2) is 4.68 Å². The van der Waals surface area contributed by atoms with E-state index in [1.807, 2.05) is 41.9 Å². The Morgan fingerprint density at radius 2 is 1.92 bits per heavy atom. The van der Waals surface area contributed by atoms with E-state index >= 15 is 0 Å². The number of thioether (sulfide) groups is 1. The zero-order valence-electron chi connectivity index (χ0n) is 13.4. The molecule has 7 nitrogen and oxygen atoms in total. The second kappa shape index (κ2) is 6.72. The smallest absolute Gasteiger partial charge is 0.247 e. The van der Waals surface area contributed by atoms with E-state index in [1.165, 1.54) is 12.8 Å². The molecule has 1 saturated carbocycles. The van der Waals surface area contributed by atoms with Crippen molar-refractivity contribution in [3.63, 3.8) is 0 Å². The Balaban J connectivity index is 1.50. The van der Waals surface area contributed by atoms with Crippen LogP contribution in [-0.2, 0) is 0 Å². The van der Waals surface area contributed by atoms with Gasteiger partial charge in [-0.05, 0) is 42.3 Å². The molecule has 1 fully saturated rings. The fraction of sp³-hybridized carbons (Fsp3) is 0.438. The van der Waals surface area contributed by atoms with Gasteiger partial charge in [-0.1, -0.05) is 42.8 Å². The first kappa shape index (κ1) is 15.3. The Labute approximate surface area is 143 Å². The van der Waals surface area contributed by atoms with Crippen LogP contribution in [0.4, 0.5) is 0 Å². The second-order valence-corrected chi connectivity index (χ2v) is 7.22. The fourth-order valence-electron chi connectivity index (χ4n) is 2.95. The summed E-state index contributed by atoms with van der Waals surface area (Å²) in [7, 11) is 0. The minimum atomic E-state index is -0.0129. The molecule has 2 heterocycles. The van der Waals surface area contributed by atoms with Gasteiger partial charge < -0.3 is 4.42 Å². The van der Waals surface area contributed by atoms with Crippen LogP contribution in [0.3, 0.4) is 0 Å². The van der Waals surface area contributed by atoms with Crippen molar-refractivity contribution in [2.24, 2.45) is 0 Å². The first-order valence-corrected chi connectivity index (χ1v) is 9.02. The molecule has 0 radical (unpaired) electrons. The first-order valence-electron chi connectivity index (χ1n) is 8.14. The summed E-state index contributed by atoms with van der Waals surface area (Å²) in [6.45, 7) is 2.03. The van der Waals surface area contributed by atoms with Crippen LogP contribution in [0.1, 0.15) is 49.8 Å².